The third-order valence-electron chi connectivity index (χ3n) is 5.76. The Hall–Kier alpha value is -4.08. The van der Waals surface area contributed by atoms with E-state index in [2.05, 4.69) is 22.8 Å². The highest BCUT2D eigenvalue weighted by atomic mass is 16.6. The highest BCUT2D eigenvalue weighted by molar-refractivity contribution is 5.85. The molecule has 1 aliphatic rings. The Kier molecular flexibility index (Phi) is 9.70. The van der Waals surface area contributed by atoms with Gasteiger partial charge in [-0.25, -0.2) is 9.59 Å². The second-order valence-electron chi connectivity index (χ2n) is 9.73. The molecule has 0 aliphatic heterocycles. The molecule has 2 N–H and O–H groups in total. The van der Waals surface area contributed by atoms with Crippen molar-refractivity contribution >= 4 is 24.1 Å². The zero-order valence-electron chi connectivity index (χ0n) is 22.2. The topological polar surface area (TPSA) is 123 Å². The van der Waals surface area contributed by atoms with E-state index in [1.807, 2.05) is 36.4 Å². The molecular formula is C28H35N3O7. The van der Waals surface area contributed by atoms with Crippen LogP contribution < -0.4 is 10.6 Å². The lowest BCUT2D eigenvalue weighted by atomic mass is 9.98. The fourth-order valence-corrected chi connectivity index (χ4v) is 4.17. The number of alkyl carbamates (subject to hydrolysis) is 2. The van der Waals surface area contributed by atoms with Crippen molar-refractivity contribution in [1.29, 1.82) is 0 Å². The maximum absolute atomic E-state index is 12.7. The molecule has 0 aromatic heterocycles. The molecule has 0 fully saturated rings. The minimum Gasteiger partial charge on any atom is -0.465 e. The molecule has 2 aromatic rings. The lowest BCUT2D eigenvalue weighted by Crippen LogP contribution is -2.46. The minimum absolute atomic E-state index is 0.0117. The van der Waals surface area contributed by atoms with Gasteiger partial charge in [-0.2, -0.15) is 0 Å². The number of carbonyl (C=O) groups is 4. The maximum Gasteiger partial charge on any atom is 0.408 e. The third kappa shape index (κ3) is 7.96. The summed E-state index contributed by atoms with van der Waals surface area (Å²) in [4.78, 5) is 50.2. The van der Waals surface area contributed by atoms with E-state index < -0.39 is 29.7 Å². The van der Waals surface area contributed by atoms with E-state index in [4.69, 9.17) is 14.2 Å². The van der Waals surface area contributed by atoms with Crippen LogP contribution >= 0.6 is 0 Å². The largest absolute Gasteiger partial charge is 0.465 e. The first-order valence-electron chi connectivity index (χ1n) is 12.6. The molecule has 10 nitrogen and oxygen atoms in total. The van der Waals surface area contributed by atoms with Gasteiger partial charge in [0, 0.05) is 19.0 Å². The zero-order valence-corrected chi connectivity index (χ0v) is 22.2. The van der Waals surface area contributed by atoms with E-state index in [-0.39, 0.29) is 45.3 Å². The first-order valence-corrected chi connectivity index (χ1v) is 12.6. The molecule has 10 heteroatoms. The molecule has 0 unspecified atom stereocenters. The van der Waals surface area contributed by atoms with Gasteiger partial charge in [0.1, 0.15) is 25.3 Å². The van der Waals surface area contributed by atoms with Gasteiger partial charge in [0.15, 0.2) is 0 Å². The molecule has 3 amide bonds. The molecule has 0 bridgehead atoms. The van der Waals surface area contributed by atoms with Crippen LogP contribution in [-0.4, -0.2) is 74.0 Å². The molecule has 0 atom stereocenters. The van der Waals surface area contributed by atoms with E-state index in [1.54, 1.807) is 27.7 Å². The smallest absolute Gasteiger partial charge is 0.408 e. The van der Waals surface area contributed by atoms with Crippen LogP contribution in [0, 0.1) is 0 Å². The van der Waals surface area contributed by atoms with Gasteiger partial charge in [0.2, 0.25) is 5.91 Å². The number of benzene rings is 2. The third-order valence-corrected chi connectivity index (χ3v) is 5.76. The summed E-state index contributed by atoms with van der Waals surface area (Å²) < 4.78 is 15.6. The number of rotatable bonds is 10. The van der Waals surface area contributed by atoms with Crippen molar-refractivity contribution in [1.82, 2.24) is 15.5 Å². The van der Waals surface area contributed by atoms with Crippen molar-refractivity contribution in [2.45, 2.75) is 39.2 Å². The summed E-state index contributed by atoms with van der Waals surface area (Å²) in [5, 5.41) is 5.00. The molecule has 0 saturated heterocycles. The van der Waals surface area contributed by atoms with Crippen LogP contribution in [0.3, 0.4) is 0 Å². The number of nitrogens with one attached hydrogen (secondary N) is 2. The van der Waals surface area contributed by atoms with E-state index in [9.17, 15) is 19.2 Å². The average molecular weight is 526 g/mol. The summed E-state index contributed by atoms with van der Waals surface area (Å²) in [6.45, 7) is 6.44. The number of amides is 3. The van der Waals surface area contributed by atoms with E-state index in [0.29, 0.717) is 0 Å². The Balaban J connectivity index is 1.51. The van der Waals surface area contributed by atoms with Crippen molar-refractivity contribution in [2.75, 3.05) is 39.4 Å². The van der Waals surface area contributed by atoms with Crippen molar-refractivity contribution in [3.8, 4) is 11.1 Å². The molecule has 38 heavy (non-hydrogen) atoms. The average Bonchev–Trinajstić information content (AvgIpc) is 3.18. The minimum atomic E-state index is -0.751. The van der Waals surface area contributed by atoms with Crippen molar-refractivity contribution in [3.63, 3.8) is 0 Å². The predicted molar refractivity (Wildman–Crippen MR) is 141 cm³/mol. The van der Waals surface area contributed by atoms with Crippen LogP contribution in [0.1, 0.15) is 44.7 Å². The summed E-state index contributed by atoms with van der Waals surface area (Å²) in [6, 6.07) is 16.1. The second kappa shape index (κ2) is 12.9. The second-order valence-corrected chi connectivity index (χ2v) is 9.73. The molecule has 0 radical (unpaired) electrons. The quantitative estimate of drug-likeness (QED) is 0.360. The van der Waals surface area contributed by atoms with Crippen LogP contribution in [0.4, 0.5) is 9.59 Å². The fourth-order valence-electron chi connectivity index (χ4n) is 4.17. The molecule has 3 rings (SSSR count). The van der Waals surface area contributed by atoms with Gasteiger partial charge in [-0.3, -0.25) is 9.59 Å². The van der Waals surface area contributed by atoms with Crippen LogP contribution in [-0.2, 0) is 23.8 Å². The van der Waals surface area contributed by atoms with E-state index >= 15 is 0 Å². The summed E-state index contributed by atoms with van der Waals surface area (Å²) in [6.07, 6.45) is -1.39. The number of ether oxygens (including phenoxy) is 3. The van der Waals surface area contributed by atoms with E-state index in [0.717, 1.165) is 22.3 Å². The Labute approximate surface area is 222 Å². The normalized spacial score (nSPS) is 12.1. The summed E-state index contributed by atoms with van der Waals surface area (Å²) in [5.41, 5.74) is 3.75. The molecule has 204 valence electrons. The Morgan fingerprint density at radius 1 is 0.868 bits per heavy atom. The van der Waals surface area contributed by atoms with Crippen LogP contribution in [0.15, 0.2) is 48.5 Å². The maximum atomic E-state index is 12.7. The molecule has 0 heterocycles. The van der Waals surface area contributed by atoms with Gasteiger partial charge in [0.25, 0.3) is 0 Å². The van der Waals surface area contributed by atoms with Gasteiger partial charge in [0.05, 0.1) is 6.61 Å². The van der Waals surface area contributed by atoms with Crippen LogP contribution in [0.25, 0.3) is 11.1 Å². The highest BCUT2D eigenvalue weighted by Gasteiger charge is 2.29. The lowest BCUT2D eigenvalue weighted by molar-refractivity contribution is -0.148. The van der Waals surface area contributed by atoms with Crippen molar-refractivity contribution < 1.29 is 33.4 Å². The van der Waals surface area contributed by atoms with Gasteiger partial charge < -0.3 is 29.7 Å². The Morgan fingerprint density at radius 3 is 2.05 bits per heavy atom. The Morgan fingerprint density at radius 2 is 1.47 bits per heavy atom. The lowest BCUT2D eigenvalue weighted by Gasteiger charge is -2.23. The number of hydrogen-bond acceptors (Lipinski definition) is 7. The first kappa shape index (κ1) is 28.5. The number of hydrogen-bond donors (Lipinski definition) is 2. The van der Waals surface area contributed by atoms with Gasteiger partial charge in [-0.1, -0.05) is 48.5 Å². The van der Waals surface area contributed by atoms with Gasteiger partial charge in [-0.15, -0.1) is 0 Å². The highest BCUT2D eigenvalue weighted by Crippen LogP contribution is 2.44. The summed E-state index contributed by atoms with van der Waals surface area (Å²) in [5.74, 6) is -1.20. The predicted octanol–water partition coefficient (Wildman–Crippen LogP) is 3.44. The number of fused-ring (bicyclic) bond motifs is 3. The summed E-state index contributed by atoms with van der Waals surface area (Å²) in [7, 11) is 0. The van der Waals surface area contributed by atoms with Crippen molar-refractivity contribution in [2.24, 2.45) is 0 Å². The van der Waals surface area contributed by atoms with E-state index in [1.165, 1.54) is 4.90 Å². The van der Waals surface area contributed by atoms with Gasteiger partial charge >= 0.3 is 18.2 Å². The number of nitrogens with zero attached hydrogens (tertiary/aromatic N) is 1. The molecule has 0 saturated carbocycles. The Bertz CT molecular complexity index is 1110. The molecule has 0 spiro atoms. The standard InChI is InChI=1S/C28H35N3O7/c1-5-36-25(33)17-31(24(32)16-30-27(35)38-28(2,3)4)15-14-29-26(34)37-18-23-21-12-8-6-10-19(21)20-11-7-9-13-22(20)23/h6-13,23H,5,14-18H2,1-4H3,(H,29,34)(H,30,35). The zero-order chi connectivity index (χ0) is 27.7. The fraction of sp³-hybridized carbons (Fsp3) is 0.429. The molecule has 1 aliphatic carbocycles. The first-order chi connectivity index (χ1) is 18.1. The molecular weight excluding hydrogens is 490 g/mol. The number of carbonyl (C=O) groups excluding carboxylic acids is 4. The van der Waals surface area contributed by atoms with Crippen LogP contribution in [0.2, 0.25) is 0 Å². The SMILES string of the molecule is CCOC(=O)CN(CCNC(=O)OCC1c2ccccc2-c2ccccc21)C(=O)CNC(=O)OC(C)(C)C. The summed E-state index contributed by atoms with van der Waals surface area (Å²) >= 11 is 0. The van der Waals surface area contributed by atoms with Crippen molar-refractivity contribution in [3.05, 3.63) is 59.7 Å². The molecule has 2 aromatic carbocycles. The van der Waals surface area contributed by atoms with Crippen LogP contribution in [0.5, 0.6) is 0 Å². The van der Waals surface area contributed by atoms with Gasteiger partial charge in [-0.05, 0) is 49.9 Å². The number of esters is 1. The monoisotopic (exact) mass is 525 g/mol.